The Balaban J connectivity index is 0.939. The van der Waals surface area contributed by atoms with Gasteiger partial charge in [0, 0.05) is 17.1 Å². The maximum Gasteiger partial charge on any atom is 0.313 e. The molecule has 0 aromatic heterocycles. The molecule has 0 aliphatic carbocycles. The van der Waals surface area contributed by atoms with Gasteiger partial charge in [0.2, 0.25) is 0 Å². The fraction of sp³-hybridized carbons (Fsp3) is 0.0333. The van der Waals surface area contributed by atoms with Crippen LogP contribution in [0.5, 0.6) is 0 Å². The summed E-state index contributed by atoms with van der Waals surface area (Å²) in [6.45, 7) is 0. The second-order valence-corrected chi connectivity index (χ2v) is 18.5. The first kappa shape index (κ1) is 49.0. The quantitative estimate of drug-likeness (QED) is 0.0546. The lowest BCUT2D eigenvalue weighted by Crippen LogP contribution is -2.22. The summed E-state index contributed by atoms with van der Waals surface area (Å²) in [5.74, 6) is -3.09. The minimum Gasteiger partial charge on any atom is -0.481 e. The summed E-state index contributed by atoms with van der Waals surface area (Å²) >= 11 is 1.93. The number of benzene rings is 7. The minimum absolute atomic E-state index is 0.190. The Morgan fingerprint density at radius 1 is 0.438 bits per heavy atom. The Bertz CT molecular complexity index is 3180. The van der Waals surface area contributed by atoms with Crippen molar-refractivity contribution in [2.75, 3.05) is 16.4 Å². The molecule has 2 amide bonds. The number of amides is 2. The minimum atomic E-state index is -0.985. The van der Waals surface area contributed by atoms with E-state index >= 15 is 0 Å². The number of carbonyl (C=O) groups is 4. The van der Waals surface area contributed by atoms with E-state index in [1.807, 2.05) is 72.8 Å². The number of thioether (sulfide) groups is 2. The lowest BCUT2D eigenvalue weighted by molar-refractivity contribution is -0.134. The number of anilines is 3. The van der Waals surface area contributed by atoms with Crippen LogP contribution < -0.4 is 15.5 Å². The molecule has 4 N–H and O–H groups in total. The van der Waals surface area contributed by atoms with Crippen LogP contribution in [0.25, 0.3) is 48.1 Å². The van der Waals surface area contributed by atoms with Gasteiger partial charge in [-0.1, -0.05) is 193 Å². The van der Waals surface area contributed by atoms with Crippen LogP contribution in [0.3, 0.4) is 0 Å². The van der Waals surface area contributed by atoms with Gasteiger partial charge in [0.05, 0.1) is 11.5 Å². The fourth-order valence-electron chi connectivity index (χ4n) is 7.77. The smallest absolute Gasteiger partial charge is 0.313 e. The zero-order valence-corrected chi connectivity index (χ0v) is 40.6. The number of rotatable bonds is 16. The zero-order chi connectivity index (χ0) is 50.5. The lowest BCUT2D eigenvalue weighted by Gasteiger charge is -2.26. The third-order valence-corrected chi connectivity index (χ3v) is 13.1. The van der Waals surface area contributed by atoms with Crippen LogP contribution in [0.2, 0.25) is 0 Å². The summed E-state index contributed by atoms with van der Waals surface area (Å²) in [7, 11) is 0. The summed E-state index contributed by atoms with van der Waals surface area (Å²) in [5, 5.41) is 23.7. The van der Waals surface area contributed by atoms with Crippen LogP contribution in [0.4, 0.5) is 17.1 Å². The second-order valence-electron chi connectivity index (χ2n) is 16.6. The van der Waals surface area contributed by atoms with Crippen LogP contribution in [0.1, 0.15) is 50.1 Å². The number of carboxylic acid groups (broad SMARTS) is 2. The van der Waals surface area contributed by atoms with E-state index in [1.54, 1.807) is 12.2 Å². The molecular formula is C60H45N5O6S2. The van der Waals surface area contributed by atoms with Crippen LogP contribution in [0, 0.1) is 0 Å². The van der Waals surface area contributed by atoms with Crippen LogP contribution in [-0.4, -0.2) is 55.8 Å². The Morgan fingerprint density at radius 2 is 0.753 bits per heavy atom. The van der Waals surface area contributed by atoms with Gasteiger partial charge in [-0.15, -0.1) is 0 Å². The molecule has 0 spiro atoms. The van der Waals surface area contributed by atoms with Crippen molar-refractivity contribution in [3.05, 3.63) is 243 Å². The monoisotopic (exact) mass is 995 g/mol. The van der Waals surface area contributed by atoms with Crippen molar-refractivity contribution in [1.29, 1.82) is 0 Å². The van der Waals surface area contributed by atoms with Crippen molar-refractivity contribution in [3.8, 4) is 0 Å². The van der Waals surface area contributed by atoms with E-state index in [-0.39, 0.29) is 45.0 Å². The fourth-order valence-corrected chi connectivity index (χ4v) is 8.95. The maximum atomic E-state index is 12.4. The topological polar surface area (TPSA) is 161 Å². The Labute approximate surface area is 430 Å². The first-order valence-corrected chi connectivity index (χ1v) is 25.0. The van der Waals surface area contributed by atoms with E-state index < -0.39 is 11.9 Å². The SMILES string of the molecule is O=C(O)CSC1=N/C(=C\c2ccc(/C=C/c3ccc(N(c4ccc(C=C(c5ccccc5)c5ccccc5)cc4)c4ccc(/C=C/c5ccc(/C=C6\N=C(SCC(=O)O)NC6=O)cc5)cc4)cc3)cc2)C(=O)N1. The van der Waals surface area contributed by atoms with Gasteiger partial charge in [0.25, 0.3) is 11.8 Å². The van der Waals surface area contributed by atoms with Crippen molar-refractivity contribution in [3.63, 3.8) is 0 Å². The summed E-state index contributed by atoms with van der Waals surface area (Å²) in [6, 6.07) is 61.7. The molecule has 0 fully saturated rings. The van der Waals surface area contributed by atoms with Crippen LogP contribution in [0.15, 0.2) is 203 Å². The molecule has 0 bridgehead atoms. The highest BCUT2D eigenvalue weighted by Crippen LogP contribution is 2.36. The highest BCUT2D eigenvalue weighted by atomic mass is 32.2. The van der Waals surface area contributed by atoms with Crippen LogP contribution >= 0.6 is 23.5 Å². The van der Waals surface area contributed by atoms with Crippen molar-refractivity contribution < 1.29 is 29.4 Å². The molecule has 0 saturated heterocycles. The summed E-state index contributed by atoms with van der Waals surface area (Å²) in [5.41, 5.74) is 13.4. The van der Waals surface area contributed by atoms with E-state index in [2.05, 4.69) is 165 Å². The third kappa shape index (κ3) is 13.2. The van der Waals surface area contributed by atoms with Crippen molar-refractivity contribution in [2.24, 2.45) is 9.98 Å². The molecule has 0 radical (unpaired) electrons. The molecule has 358 valence electrons. The van der Waals surface area contributed by atoms with Gasteiger partial charge in [0.15, 0.2) is 10.3 Å². The molecule has 7 aromatic carbocycles. The first-order valence-electron chi connectivity index (χ1n) is 23.0. The lowest BCUT2D eigenvalue weighted by atomic mass is 9.95. The van der Waals surface area contributed by atoms with E-state index in [9.17, 15) is 19.2 Å². The Hall–Kier alpha value is -9.04. The third-order valence-electron chi connectivity index (χ3n) is 11.4. The van der Waals surface area contributed by atoms with Gasteiger partial charge < -0.3 is 15.1 Å². The number of carbonyl (C=O) groups excluding carboxylic acids is 2. The predicted molar refractivity (Wildman–Crippen MR) is 299 cm³/mol. The number of aliphatic imine (C=N–C) groups is 2. The highest BCUT2D eigenvalue weighted by Gasteiger charge is 2.22. The average Bonchev–Trinajstić information content (AvgIpc) is 3.96. The molecule has 11 nitrogen and oxygen atoms in total. The first-order chi connectivity index (χ1) is 35.6. The second kappa shape index (κ2) is 23.3. The van der Waals surface area contributed by atoms with E-state index in [4.69, 9.17) is 10.2 Å². The average molecular weight is 996 g/mol. The normalized spacial score (nSPS) is 14.3. The molecule has 2 aliphatic heterocycles. The maximum absolute atomic E-state index is 12.4. The van der Waals surface area contributed by atoms with Gasteiger partial charge >= 0.3 is 11.9 Å². The molecule has 0 atom stereocenters. The standard InChI is InChI=1S/C60H45N5O6S2/c66-55(67)38-72-59-61-53(57(70)63-59)36-45-19-15-40(16-20-45)11-13-42-23-29-49(30-24-42)65(51-33-27-44(28-34-51)35-52(47-7-3-1-4-8-47)48-9-5-2-6-10-48)50-31-25-43(26-32-50)14-12-41-17-21-46(22-18-41)37-54-58(71)64-60(62-54)73-39-56(68)69/h1-37H,38-39H2,(H,66,67)(H,68,69)(H,61,63,70)(H,62,64,71)/b13-11+,14-12+,53-36-,54-37-. The molecule has 2 heterocycles. The Kier molecular flexibility index (Phi) is 15.6. The number of hydrogen-bond donors (Lipinski definition) is 4. The number of nitrogens with zero attached hydrogens (tertiary/aromatic N) is 3. The van der Waals surface area contributed by atoms with Gasteiger partial charge in [-0.2, -0.15) is 0 Å². The van der Waals surface area contributed by atoms with E-state index in [0.29, 0.717) is 0 Å². The molecule has 9 rings (SSSR count). The van der Waals surface area contributed by atoms with Crippen molar-refractivity contribution >= 4 is 123 Å². The molecule has 0 unspecified atom stereocenters. The number of amidine groups is 2. The molecule has 13 heteroatoms. The molecule has 73 heavy (non-hydrogen) atoms. The number of nitrogens with one attached hydrogen (secondary N) is 2. The van der Waals surface area contributed by atoms with Gasteiger partial charge in [-0.25, -0.2) is 9.98 Å². The highest BCUT2D eigenvalue weighted by molar-refractivity contribution is 8.14. The van der Waals surface area contributed by atoms with E-state index in [1.165, 1.54) is 0 Å². The number of carboxylic acids is 2. The summed E-state index contributed by atoms with van der Waals surface area (Å²) in [4.78, 5) is 57.3. The molecular weight excluding hydrogens is 951 g/mol. The summed E-state index contributed by atoms with van der Waals surface area (Å²) in [6.07, 6.45) is 13.7. The van der Waals surface area contributed by atoms with Crippen molar-refractivity contribution in [1.82, 2.24) is 10.6 Å². The van der Waals surface area contributed by atoms with Crippen molar-refractivity contribution in [2.45, 2.75) is 0 Å². The molecule has 7 aromatic rings. The predicted octanol–water partition coefficient (Wildman–Crippen LogP) is 12.4. The largest absolute Gasteiger partial charge is 0.481 e. The van der Waals surface area contributed by atoms with E-state index in [0.717, 1.165) is 96.2 Å². The Morgan fingerprint density at radius 3 is 1.10 bits per heavy atom. The zero-order valence-electron chi connectivity index (χ0n) is 39.0. The van der Waals surface area contributed by atoms with Gasteiger partial charge in [0.1, 0.15) is 11.4 Å². The summed E-state index contributed by atoms with van der Waals surface area (Å²) < 4.78 is 0. The van der Waals surface area contributed by atoms with Gasteiger partial charge in [-0.3, -0.25) is 29.8 Å². The number of hydrogen-bond acceptors (Lipinski definition) is 9. The van der Waals surface area contributed by atoms with Crippen LogP contribution in [-0.2, 0) is 19.2 Å². The van der Waals surface area contributed by atoms with Gasteiger partial charge in [-0.05, 0) is 110 Å². The molecule has 2 aliphatic rings. The number of aliphatic carboxylic acids is 2. The molecule has 0 saturated carbocycles.